The van der Waals surface area contributed by atoms with E-state index in [9.17, 15) is 8.42 Å². The van der Waals surface area contributed by atoms with Crippen molar-refractivity contribution >= 4 is 27.0 Å². The van der Waals surface area contributed by atoms with E-state index in [0.29, 0.717) is 18.0 Å². The fraction of sp³-hybridized carbons (Fsp3) is 0.211. The number of benzene rings is 2. The molecule has 0 spiro atoms. The van der Waals surface area contributed by atoms with E-state index in [0.717, 1.165) is 17.7 Å². The molecule has 1 N–H and O–H groups in total. The molecule has 3 rings (SSSR count). The van der Waals surface area contributed by atoms with Crippen LogP contribution in [0.3, 0.4) is 0 Å². The third kappa shape index (κ3) is 4.62. The van der Waals surface area contributed by atoms with Crippen molar-refractivity contribution in [3.05, 3.63) is 70.2 Å². The average Bonchev–Trinajstić information content (AvgIpc) is 3.02. The lowest BCUT2D eigenvalue weighted by Crippen LogP contribution is -2.12. The van der Waals surface area contributed by atoms with Crippen LogP contribution in [0.2, 0.25) is 0 Å². The predicted molar refractivity (Wildman–Crippen MR) is 104 cm³/mol. The first-order valence-corrected chi connectivity index (χ1v) is 10.5. The van der Waals surface area contributed by atoms with Crippen molar-refractivity contribution in [2.24, 2.45) is 0 Å². The van der Waals surface area contributed by atoms with Crippen molar-refractivity contribution in [2.75, 3.05) is 11.3 Å². The predicted octanol–water partition coefficient (Wildman–Crippen LogP) is 4.18. The zero-order valence-electron chi connectivity index (χ0n) is 14.6. The van der Waals surface area contributed by atoms with Gasteiger partial charge >= 0.3 is 0 Å². The minimum Gasteiger partial charge on any atom is -0.493 e. The van der Waals surface area contributed by atoms with Crippen molar-refractivity contribution < 1.29 is 13.2 Å². The quantitative estimate of drug-likeness (QED) is 0.659. The van der Waals surface area contributed by atoms with Crippen molar-refractivity contribution in [2.45, 2.75) is 25.2 Å². The molecule has 0 atom stereocenters. The van der Waals surface area contributed by atoms with Gasteiger partial charge in [0, 0.05) is 17.0 Å². The van der Waals surface area contributed by atoms with E-state index in [4.69, 9.17) is 4.74 Å². The van der Waals surface area contributed by atoms with Crippen LogP contribution in [0.5, 0.6) is 5.75 Å². The van der Waals surface area contributed by atoms with Crippen molar-refractivity contribution in [3.8, 4) is 5.75 Å². The van der Waals surface area contributed by atoms with Gasteiger partial charge in [0.05, 0.1) is 22.7 Å². The van der Waals surface area contributed by atoms with Gasteiger partial charge in [0.1, 0.15) is 5.75 Å². The highest BCUT2D eigenvalue weighted by molar-refractivity contribution is 7.92. The highest BCUT2D eigenvalue weighted by atomic mass is 32.2. The molecular formula is C19H20N2O3S2. The van der Waals surface area contributed by atoms with Crippen LogP contribution in [0.1, 0.15) is 16.1 Å². The van der Waals surface area contributed by atoms with Gasteiger partial charge in [0.25, 0.3) is 10.0 Å². The van der Waals surface area contributed by atoms with Gasteiger partial charge in [-0.15, -0.1) is 11.3 Å². The molecule has 0 aliphatic heterocycles. The molecule has 0 saturated carbocycles. The third-order valence-electron chi connectivity index (χ3n) is 3.88. The fourth-order valence-corrected chi connectivity index (χ4v) is 4.20. The largest absolute Gasteiger partial charge is 0.493 e. The van der Waals surface area contributed by atoms with E-state index < -0.39 is 10.0 Å². The summed E-state index contributed by atoms with van der Waals surface area (Å²) < 4.78 is 33.1. The first-order valence-electron chi connectivity index (χ1n) is 8.15. The van der Waals surface area contributed by atoms with Crippen LogP contribution in [0.4, 0.5) is 5.69 Å². The van der Waals surface area contributed by atoms with Crippen LogP contribution in [0.25, 0.3) is 0 Å². The van der Waals surface area contributed by atoms with Crippen molar-refractivity contribution in [3.63, 3.8) is 0 Å². The van der Waals surface area contributed by atoms with E-state index in [2.05, 4.69) is 9.71 Å². The molecule has 1 aromatic heterocycles. The summed E-state index contributed by atoms with van der Waals surface area (Å²) in [6, 6.07) is 13.6. The second-order valence-electron chi connectivity index (χ2n) is 5.90. The standard InChI is InChI=1S/C19H20N2O3S2/c1-14-3-9-18(10-4-14)26(22,23)21-16-5-7-17(8-6-16)24-12-11-19-15(2)20-13-25-19/h3-10,13,21H,11-12H2,1-2H3. The molecule has 1 heterocycles. The zero-order valence-corrected chi connectivity index (χ0v) is 16.2. The van der Waals surface area contributed by atoms with Crippen LogP contribution >= 0.6 is 11.3 Å². The molecule has 0 bridgehead atoms. The summed E-state index contributed by atoms with van der Waals surface area (Å²) >= 11 is 1.62. The maximum Gasteiger partial charge on any atom is 0.261 e. The second kappa shape index (κ2) is 7.88. The number of ether oxygens (including phenoxy) is 1. The normalized spacial score (nSPS) is 11.3. The molecule has 2 aromatic carbocycles. The fourth-order valence-electron chi connectivity index (χ4n) is 2.38. The Balaban J connectivity index is 1.58. The summed E-state index contributed by atoms with van der Waals surface area (Å²) in [4.78, 5) is 5.67. The maximum atomic E-state index is 12.4. The molecule has 0 aliphatic carbocycles. The number of aromatic nitrogens is 1. The highest BCUT2D eigenvalue weighted by Gasteiger charge is 2.13. The van der Waals surface area contributed by atoms with Crippen LogP contribution < -0.4 is 9.46 Å². The minimum absolute atomic E-state index is 0.239. The Kier molecular flexibility index (Phi) is 5.58. The van der Waals surface area contributed by atoms with Gasteiger partial charge in [-0.25, -0.2) is 13.4 Å². The molecule has 5 nitrogen and oxygen atoms in total. The molecule has 3 aromatic rings. The van der Waals surface area contributed by atoms with Gasteiger partial charge in [-0.05, 0) is 50.2 Å². The zero-order chi connectivity index (χ0) is 18.6. The third-order valence-corrected chi connectivity index (χ3v) is 6.27. The van der Waals surface area contributed by atoms with E-state index >= 15 is 0 Å². The number of nitrogens with one attached hydrogen (secondary N) is 1. The van der Waals surface area contributed by atoms with Gasteiger partial charge in [0.15, 0.2) is 0 Å². The minimum atomic E-state index is -3.59. The Hall–Kier alpha value is -2.38. The first kappa shape index (κ1) is 18.4. The van der Waals surface area contributed by atoms with Gasteiger partial charge in [-0.2, -0.15) is 0 Å². The van der Waals surface area contributed by atoms with E-state index in [1.165, 1.54) is 4.88 Å². The van der Waals surface area contributed by atoms with Crippen LogP contribution in [-0.4, -0.2) is 20.0 Å². The molecule has 0 saturated heterocycles. The molecular weight excluding hydrogens is 368 g/mol. The molecule has 26 heavy (non-hydrogen) atoms. The molecule has 0 fully saturated rings. The number of thiazole rings is 1. The molecule has 7 heteroatoms. The van der Waals surface area contributed by atoms with Gasteiger partial charge in [-0.1, -0.05) is 17.7 Å². The Morgan fingerprint density at radius 1 is 1.04 bits per heavy atom. The van der Waals surface area contributed by atoms with E-state index in [1.807, 2.05) is 19.4 Å². The first-order chi connectivity index (χ1) is 12.4. The number of sulfonamides is 1. The number of rotatable bonds is 7. The lowest BCUT2D eigenvalue weighted by Gasteiger charge is -2.10. The summed E-state index contributed by atoms with van der Waals surface area (Å²) in [7, 11) is -3.59. The van der Waals surface area contributed by atoms with Crippen LogP contribution in [-0.2, 0) is 16.4 Å². The van der Waals surface area contributed by atoms with Gasteiger partial charge < -0.3 is 4.74 Å². The smallest absolute Gasteiger partial charge is 0.261 e. The topological polar surface area (TPSA) is 68.3 Å². The lowest BCUT2D eigenvalue weighted by atomic mass is 10.2. The average molecular weight is 389 g/mol. The summed E-state index contributed by atoms with van der Waals surface area (Å²) in [5, 5.41) is 0. The van der Waals surface area contributed by atoms with Crippen molar-refractivity contribution in [1.29, 1.82) is 0 Å². The molecule has 136 valence electrons. The number of hydrogen-bond donors (Lipinski definition) is 1. The Morgan fingerprint density at radius 3 is 2.35 bits per heavy atom. The summed E-state index contributed by atoms with van der Waals surface area (Å²) in [6.07, 6.45) is 0.804. The number of anilines is 1. The lowest BCUT2D eigenvalue weighted by molar-refractivity contribution is 0.322. The summed E-state index contributed by atoms with van der Waals surface area (Å²) in [5.41, 5.74) is 4.38. The van der Waals surface area contributed by atoms with E-state index in [1.54, 1.807) is 59.9 Å². The summed E-state index contributed by atoms with van der Waals surface area (Å²) in [6.45, 7) is 4.46. The maximum absolute atomic E-state index is 12.4. The number of nitrogens with zero attached hydrogens (tertiary/aromatic N) is 1. The van der Waals surface area contributed by atoms with Crippen LogP contribution in [0, 0.1) is 13.8 Å². The monoisotopic (exact) mass is 388 g/mol. The van der Waals surface area contributed by atoms with Crippen LogP contribution in [0.15, 0.2) is 58.9 Å². The van der Waals surface area contributed by atoms with Crippen molar-refractivity contribution in [1.82, 2.24) is 4.98 Å². The molecule has 0 unspecified atom stereocenters. The Labute approximate surface area is 157 Å². The van der Waals surface area contributed by atoms with Gasteiger partial charge in [-0.3, -0.25) is 4.72 Å². The number of aryl methyl sites for hydroxylation is 2. The molecule has 0 amide bonds. The molecule has 0 aliphatic rings. The highest BCUT2D eigenvalue weighted by Crippen LogP contribution is 2.20. The molecule has 0 radical (unpaired) electrons. The summed E-state index contributed by atoms with van der Waals surface area (Å²) in [5.74, 6) is 0.699. The van der Waals surface area contributed by atoms with Gasteiger partial charge in [0.2, 0.25) is 0 Å². The Morgan fingerprint density at radius 2 is 1.73 bits per heavy atom. The second-order valence-corrected chi connectivity index (χ2v) is 8.52. The Bertz CT molecular complexity index is 963. The SMILES string of the molecule is Cc1ccc(S(=O)(=O)Nc2ccc(OCCc3scnc3C)cc2)cc1. The van der Waals surface area contributed by atoms with E-state index in [-0.39, 0.29) is 4.90 Å². The number of hydrogen-bond acceptors (Lipinski definition) is 5.